The van der Waals surface area contributed by atoms with E-state index in [0.717, 1.165) is 24.0 Å². The van der Waals surface area contributed by atoms with Crippen LogP contribution in [-0.2, 0) is 11.2 Å². The number of hydrogen-bond acceptors (Lipinski definition) is 4. The summed E-state index contributed by atoms with van der Waals surface area (Å²) in [6.07, 6.45) is 1.53. The monoisotopic (exact) mass is 369 g/mol. The first-order valence-corrected chi connectivity index (χ1v) is 9.20. The fraction of sp³-hybridized carbons (Fsp3) is 0.364. The number of carbonyl (C=O) groups is 2. The predicted molar refractivity (Wildman–Crippen MR) is 107 cm³/mol. The van der Waals surface area contributed by atoms with E-state index in [1.54, 1.807) is 32.2 Å². The maximum atomic E-state index is 12.6. The first-order chi connectivity index (χ1) is 12.9. The van der Waals surface area contributed by atoms with Crippen molar-refractivity contribution in [2.75, 3.05) is 18.6 Å². The Balaban J connectivity index is 2.31. The highest BCUT2D eigenvalue weighted by Gasteiger charge is 2.21. The van der Waals surface area contributed by atoms with Crippen molar-refractivity contribution in [1.29, 1.82) is 0 Å². The molecule has 27 heavy (non-hydrogen) atoms. The normalized spacial score (nSPS) is 10.4. The van der Waals surface area contributed by atoms with Gasteiger partial charge in [0.25, 0.3) is 0 Å². The highest BCUT2D eigenvalue weighted by Crippen LogP contribution is 2.34. The number of esters is 1. The number of nitrogens with zero attached hydrogens (tertiary/aromatic N) is 1. The van der Waals surface area contributed by atoms with E-state index in [-0.39, 0.29) is 6.61 Å². The minimum absolute atomic E-state index is 0.271. The molecular weight excluding hydrogens is 342 g/mol. The minimum Gasteiger partial charge on any atom is -0.449 e. The second-order valence-electron chi connectivity index (χ2n) is 6.52. The van der Waals surface area contributed by atoms with E-state index in [0.29, 0.717) is 17.0 Å². The van der Waals surface area contributed by atoms with E-state index >= 15 is 0 Å². The summed E-state index contributed by atoms with van der Waals surface area (Å²) in [6.45, 7) is 7.91. The van der Waals surface area contributed by atoms with Gasteiger partial charge in [0.15, 0.2) is 5.75 Å². The Morgan fingerprint density at radius 1 is 1.04 bits per heavy atom. The van der Waals surface area contributed by atoms with Crippen LogP contribution in [0.25, 0.3) is 0 Å². The van der Waals surface area contributed by atoms with Crippen molar-refractivity contribution in [3.05, 3.63) is 58.7 Å². The summed E-state index contributed by atoms with van der Waals surface area (Å²) in [5.74, 6) is -0.0951. The largest absolute Gasteiger partial charge is 0.449 e. The number of benzene rings is 2. The van der Waals surface area contributed by atoms with Crippen molar-refractivity contribution in [2.45, 2.75) is 40.5 Å². The SMILES string of the molecule is CCCc1ccc(C(=O)Oc2c(C)cc(C)cc2N(C)C(=O)OCC)cc1. The molecule has 0 radical (unpaired) electrons. The third-order valence-electron chi connectivity index (χ3n) is 4.23. The Bertz CT molecular complexity index is 812. The zero-order valence-electron chi connectivity index (χ0n) is 16.7. The van der Waals surface area contributed by atoms with Crippen molar-refractivity contribution < 1.29 is 19.1 Å². The molecule has 0 saturated heterocycles. The Kier molecular flexibility index (Phi) is 6.99. The van der Waals surface area contributed by atoms with E-state index in [9.17, 15) is 9.59 Å². The molecule has 0 aromatic heterocycles. The zero-order valence-corrected chi connectivity index (χ0v) is 16.7. The predicted octanol–water partition coefficient (Wildman–Crippen LogP) is 5.07. The molecule has 2 aromatic rings. The maximum Gasteiger partial charge on any atom is 0.414 e. The van der Waals surface area contributed by atoms with Gasteiger partial charge in [-0.25, -0.2) is 9.59 Å². The lowest BCUT2D eigenvalue weighted by Crippen LogP contribution is -2.28. The zero-order chi connectivity index (χ0) is 20.0. The van der Waals surface area contributed by atoms with Gasteiger partial charge in [0.1, 0.15) is 0 Å². The highest BCUT2D eigenvalue weighted by molar-refractivity contribution is 5.94. The van der Waals surface area contributed by atoms with E-state index in [1.807, 2.05) is 32.0 Å². The molecule has 0 bridgehead atoms. The van der Waals surface area contributed by atoms with Crippen molar-refractivity contribution in [1.82, 2.24) is 0 Å². The number of carbonyl (C=O) groups excluding carboxylic acids is 2. The van der Waals surface area contributed by atoms with Crippen LogP contribution in [0, 0.1) is 13.8 Å². The number of hydrogen-bond donors (Lipinski definition) is 0. The maximum absolute atomic E-state index is 12.6. The standard InChI is InChI=1S/C22H27NO4/c1-6-8-17-9-11-18(12-10-17)21(24)27-20-16(4)13-15(3)14-19(20)23(5)22(25)26-7-2/h9-14H,6-8H2,1-5H3. The second kappa shape index (κ2) is 9.21. The molecule has 2 rings (SSSR count). The third kappa shape index (κ3) is 5.09. The van der Waals surface area contributed by atoms with Crippen molar-refractivity contribution in [3.63, 3.8) is 0 Å². The van der Waals surface area contributed by atoms with Gasteiger partial charge < -0.3 is 9.47 Å². The van der Waals surface area contributed by atoms with E-state index in [1.165, 1.54) is 10.5 Å². The summed E-state index contributed by atoms with van der Waals surface area (Å²) in [6, 6.07) is 11.1. The van der Waals surface area contributed by atoms with Gasteiger partial charge in [0.05, 0.1) is 17.9 Å². The average molecular weight is 369 g/mol. The quantitative estimate of drug-likeness (QED) is 0.527. The van der Waals surface area contributed by atoms with Gasteiger partial charge in [-0.2, -0.15) is 0 Å². The molecule has 2 aromatic carbocycles. The fourth-order valence-electron chi connectivity index (χ4n) is 2.88. The molecule has 0 heterocycles. The molecule has 0 unspecified atom stereocenters. The topological polar surface area (TPSA) is 55.8 Å². The molecule has 5 nitrogen and oxygen atoms in total. The van der Waals surface area contributed by atoms with Gasteiger partial charge in [-0.1, -0.05) is 31.5 Å². The molecule has 5 heteroatoms. The number of rotatable bonds is 6. The van der Waals surface area contributed by atoms with Crippen LogP contribution in [0.2, 0.25) is 0 Å². The molecule has 0 fully saturated rings. The Labute approximate surface area is 160 Å². The van der Waals surface area contributed by atoms with Crippen molar-refractivity contribution >= 4 is 17.7 Å². The summed E-state index contributed by atoms with van der Waals surface area (Å²) >= 11 is 0. The summed E-state index contributed by atoms with van der Waals surface area (Å²) in [4.78, 5) is 26.1. The van der Waals surface area contributed by atoms with Gasteiger partial charge >= 0.3 is 12.1 Å². The summed E-state index contributed by atoms with van der Waals surface area (Å²) in [5.41, 5.74) is 3.89. The molecular formula is C22H27NO4. The van der Waals surface area contributed by atoms with Crippen LogP contribution in [0.3, 0.4) is 0 Å². The first kappa shape index (κ1) is 20.5. The summed E-state index contributed by atoms with van der Waals surface area (Å²) < 4.78 is 10.7. The van der Waals surface area contributed by atoms with Crippen LogP contribution in [0.15, 0.2) is 36.4 Å². The number of aryl methyl sites for hydroxylation is 3. The Morgan fingerprint density at radius 3 is 2.30 bits per heavy atom. The average Bonchev–Trinajstić information content (AvgIpc) is 2.64. The number of anilines is 1. The van der Waals surface area contributed by atoms with Gasteiger partial charge in [-0.3, -0.25) is 4.90 Å². The van der Waals surface area contributed by atoms with Crippen LogP contribution >= 0.6 is 0 Å². The highest BCUT2D eigenvalue weighted by atomic mass is 16.6. The summed E-state index contributed by atoms with van der Waals surface area (Å²) in [7, 11) is 1.60. The van der Waals surface area contributed by atoms with Crippen LogP contribution in [0.4, 0.5) is 10.5 Å². The molecule has 0 N–H and O–H groups in total. The number of ether oxygens (including phenoxy) is 2. The lowest BCUT2D eigenvalue weighted by atomic mass is 10.1. The molecule has 0 spiro atoms. The minimum atomic E-state index is -0.497. The number of amides is 1. The smallest absolute Gasteiger partial charge is 0.414 e. The molecule has 0 saturated carbocycles. The molecule has 0 aliphatic rings. The van der Waals surface area contributed by atoms with Crippen LogP contribution in [0.5, 0.6) is 5.75 Å². The van der Waals surface area contributed by atoms with E-state index in [2.05, 4.69) is 6.92 Å². The van der Waals surface area contributed by atoms with Crippen LogP contribution < -0.4 is 9.64 Å². The van der Waals surface area contributed by atoms with Gasteiger partial charge in [-0.05, 0) is 62.1 Å². The lowest BCUT2D eigenvalue weighted by molar-refractivity contribution is 0.0733. The van der Waals surface area contributed by atoms with Crippen LogP contribution in [0.1, 0.15) is 47.3 Å². The van der Waals surface area contributed by atoms with Crippen LogP contribution in [-0.4, -0.2) is 25.7 Å². The van der Waals surface area contributed by atoms with Crippen molar-refractivity contribution in [3.8, 4) is 5.75 Å². The van der Waals surface area contributed by atoms with E-state index in [4.69, 9.17) is 9.47 Å². The van der Waals surface area contributed by atoms with Crippen molar-refractivity contribution in [2.24, 2.45) is 0 Å². The molecule has 0 atom stereocenters. The summed E-state index contributed by atoms with van der Waals surface area (Å²) in [5, 5.41) is 0. The second-order valence-corrected chi connectivity index (χ2v) is 6.52. The molecule has 144 valence electrons. The Hall–Kier alpha value is -2.82. The third-order valence-corrected chi connectivity index (χ3v) is 4.23. The van der Waals surface area contributed by atoms with Gasteiger partial charge in [-0.15, -0.1) is 0 Å². The lowest BCUT2D eigenvalue weighted by Gasteiger charge is -2.21. The fourth-order valence-corrected chi connectivity index (χ4v) is 2.88. The first-order valence-electron chi connectivity index (χ1n) is 9.20. The van der Waals surface area contributed by atoms with Gasteiger partial charge in [0, 0.05) is 7.05 Å². The molecule has 0 aliphatic heterocycles. The Morgan fingerprint density at radius 2 is 1.70 bits per heavy atom. The van der Waals surface area contributed by atoms with Gasteiger partial charge in [0.2, 0.25) is 0 Å². The molecule has 1 amide bonds. The molecule has 0 aliphatic carbocycles. The van der Waals surface area contributed by atoms with E-state index < -0.39 is 12.1 Å².